The molecule has 2 atom stereocenters. The van der Waals surface area contributed by atoms with Gasteiger partial charge in [-0.25, -0.2) is 0 Å². The molecule has 0 amide bonds. The first-order valence-corrected chi connectivity index (χ1v) is 4.28. The molecule has 0 heterocycles. The molecule has 0 spiro atoms. The maximum Gasteiger partial charge on any atom is 0.0621 e. The Labute approximate surface area is 68.2 Å². The van der Waals surface area contributed by atoms with Gasteiger partial charge in [0.05, 0.1) is 12.2 Å². The van der Waals surface area contributed by atoms with E-state index >= 15 is 0 Å². The Morgan fingerprint density at radius 2 is 2.36 bits per heavy atom. The minimum absolute atomic E-state index is 0.434. The lowest BCUT2D eigenvalue weighted by atomic mass is 10.0. The van der Waals surface area contributed by atoms with Gasteiger partial charge < -0.3 is 4.74 Å². The first-order chi connectivity index (χ1) is 5.38. The predicted octanol–water partition coefficient (Wildman–Crippen LogP) is 2.11. The first kappa shape index (κ1) is 8.55. The summed E-state index contributed by atoms with van der Waals surface area (Å²) in [5.74, 6) is 0.652. The molecule has 11 heavy (non-hydrogen) atoms. The number of hydrogen-bond acceptors (Lipinski definition) is 2. The van der Waals surface area contributed by atoms with Gasteiger partial charge in [-0.15, -0.1) is 0 Å². The Bertz CT molecular complexity index is 150. The third kappa shape index (κ3) is 2.20. The van der Waals surface area contributed by atoms with Crippen LogP contribution in [0.15, 0.2) is 0 Å². The van der Waals surface area contributed by atoms with Crippen molar-refractivity contribution in [3.05, 3.63) is 0 Å². The van der Waals surface area contributed by atoms with Crippen LogP contribution in [0.1, 0.15) is 32.1 Å². The highest BCUT2D eigenvalue weighted by molar-refractivity contribution is 4.81. The molecular weight excluding hydrogens is 138 g/mol. The quantitative estimate of drug-likeness (QED) is 0.622. The molecule has 1 rings (SSSR count). The number of nitrogens with zero attached hydrogens (tertiary/aromatic N) is 1. The van der Waals surface area contributed by atoms with Crippen molar-refractivity contribution in [1.29, 1.82) is 5.26 Å². The van der Waals surface area contributed by atoms with E-state index in [-0.39, 0.29) is 0 Å². The molecule has 0 aromatic heterocycles. The Morgan fingerprint density at radius 1 is 1.55 bits per heavy atom. The van der Waals surface area contributed by atoms with E-state index in [0.29, 0.717) is 18.4 Å². The summed E-state index contributed by atoms with van der Waals surface area (Å²) in [5, 5.41) is 8.39. The molecule has 0 radical (unpaired) electrons. The van der Waals surface area contributed by atoms with Crippen molar-refractivity contribution in [2.24, 2.45) is 5.92 Å². The van der Waals surface area contributed by atoms with Crippen molar-refractivity contribution in [1.82, 2.24) is 0 Å². The molecule has 2 nitrogen and oxygen atoms in total. The van der Waals surface area contributed by atoms with E-state index in [1.807, 2.05) is 0 Å². The number of hydrogen-bond donors (Lipinski definition) is 0. The third-order valence-electron chi connectivity index (χ3n) is 2.52. The predicted molar refractivity (Wildman–Crippen MR) is 43.0 cm³/mol. The Balaban J connectivity index is 2.27. The largest absolute Gasteiger partial charge is 0.381 e. The van der Waals surface area contributed by atoms with E-state index < -0.39 is 0 Å². The van der Waals surface area contributed by atoms with Gasteiger partial charge in [0.2, 0.25) is 0 Å². The standard InChI is InChI=1S/C9H15NO/c1-11-9-6-2-4-8(9)5-3-7-10/h8-9H,2-6H2,1H3. The molecule has 1 saturated carbocycles. The van der Waals surface area contributed by atoms with Gasteiger partial charge in [0.25, 0.3) is 0 Å². The molecule has 1 aliphatic rings. The molecule has 0 aliphatic heterocycles. The molecule has 62 valence electrons. The molecular formula is C9H15NO. The van der Waals surface area contributed by atoms with Crippen molar-refractivity contribution in [3.63, 3.8) is 0 Å². The zero-order valence-corrected chi connectivity index (χ0v) is 7.05. The lowest BCUT2D eigenvalue weighted by molar-refractivity contribution is 0.0686. The van der Waals surface area contributed by atoms with Crippen LogP contribution in [0.4, 0.5) is 0 Å². The van der Waals surface area contributed by atoms with Crippen LogP contribution in [-0.4, -0.2) is 13.2 Å². The minimum atomic E-state index is 0.434. The molecule has 0 saturated heterocycles. The molecule has 0 N–H and O–H groups in total. The van der Waals surface area contributed by atoms with Gasteiger partial charge in [-0.2, -0.15) is 5.26 Å². The van der Waals surface area contributed by atoms with Gasteiger partial charge in [0, 0.05) is 13.5 Å². The fourth-order valence-electron chi connectivity index (χ4n) is 1.89. The highest BCUT2D eigenvalue weighted by atomic mass is 16.5. The van der Waals surface area contributed by atoms with Gasteiger partial charge in [-0.05, 0) is 25.2 Å². The maximum atomic E-state index is 8.39. The van der Waals surface area contributed by atoms with Crippen LogP contribution in [0, 0.1) is 17.2 Å². The van der Waals surface area contributed by atoms with Crippen molar-refractivity contribution < 1.29 is 4.74 Å². The van der Waals surface area contributed by atoms with Gasteiger partial charge >= 0.3 is 0 Å². The SMILES string of the molecule is COC1CCCC1CCC#N. The van der Waals surface area contributed by atoms with Crippen molar-refractivity contribution in [2.45, 2.75) is 38.2 Å². The fourth-order valence-corrected chi connectivity index (χ4v) is 1.89. The first-order valence-electron chi connectivity index (χ1n) is 4.28. The van der Waals surface area contributed by atoms with Crippen LogP contribution >= 0.6 is 0 Å². The van der Waals surface area contributed by atoms with Crippen LogP contribution in [-0.2, 0) is 4.74 Å². The van der Waals surface area contributed by atoms with Crippen molar-refractivity contribution in [2.75, 3.05) is 7.11 Å². The van der Waals surface area contributed by atoms with E-state index in [9.17, 15) is 0 Å². The molecule has 1 aliphatic carbocycles. The van der Waals surface area contributed by atoms with Crippen LogP contribution in [0.5, 0.6) is 0 Å². The highest BCUT2D eigenvalue weighted by Gasteiger charge is 2.26. The number of ether oxygens (including phenoxy) is 1. The van der Waals surface area contributed by atoms with E-state index in [2.05, 4.69) is 6.07 Å². The Kier molecular flexibility index (Phi) is 3.38. The number of methoxy groups -OCH3 is 1. The zero-order valence-electron chi connectivity index (χ0n) is 7.05. The van der Waals surface area contributed by atoms with E-state index in [4.69, 9.17) is 10.00 Å². The zero-order chi connectivity index (χ0) is 8.10. The number of rotatable bonds is 3. The summed E-state index contributed by atoms with van der Waals surface area (Å²) in [5.41, 5.74) is 0. The smallest absolute Gasteiger partial charge is 0.0621 e. The summed E-state index contributed by atoms with van der Waals surface area (Å²) in [6.07, 6.45) is 5.85. The summed E-state index contributed by atoms with van der Waals surface area (Å²) in [6.45, 7) is 0. The van der Waals surface area contributed by atoms with Crippen molar-refractivity contribution in [3.8, 4) is 6.07 Å². The van der Waals surface area contributed by atoms with Crippen LogP contribution in [0.2, 0.25) is 0 Å². The van der Waals surface area contributed by atoms with E-state index in [1.165, 1.54) is 19.3 Å². The monoisotopic (exact) mass is 153 g/mol. The maximum absolute atomic E-state index is 8.39. The van der Waals surface area contributed by atoms with Crippen LogP contribution in [0.25, 0.3) is 0 Å². The fraction of sp³-hybridized carbons (Fsp3) is 0.889. The number of nitriles is 1. The summed E-state index contributed by atoms with van der Waals surface area (Å²) in [7, 11) is 1.77. The second-order valence-electron chi connectivity index (χ2n) is 3.16. The highest BCUT2D eigenvalue weighted by Crippen LogP contribution is 2.30. The van der Waals surface area contributed by atoms with E-state index in [1.54, 1.807) is 7.11 Å². The minimum Gasteiger partial charge on any atom is -0.381 e. The molecule has 0 bridgehead atoms. The molecule has 0 aromatic carbocycles. The second kappa shape index (κ2) is 4.35. The second-order valence-corrected chi connectivity index (χ2v) is 3.16. The van der Waals surface area contributed by atoms with Gasteiger partial charge in [-0.3, -0.25) is 0 Å². The summed E-state index contributed by atoms with van der Waals surface area (Å²) < 4.78 is 5.31. The lowest BCUT2D eigenvalue weighted by Gasteiger charge is -2.15. The molecule has 2 heteroatoms. The van der Waals surface area contributed by atoms with E-state index in [0.717, 1.165) is 6.42 Å². The van der Waals surface area contributed by atoms with Gasteiger partial charge in [0.1, 0.15) is 0 Å². The van der Waals surface area contributed by atoms with Crippen molar-refractivity contribution >= 4 is 0 Å². The molecule has 1 fully saturated rings. The normalized spacial score (nSPS) is 30.2. The molecule has 2 unspecified atom stereocenters. The Morgan fingerprint density at radius 3 is 3.00 bits per heavy atom. The van der Waals surface area contributed by atoms with Gasteiger partial charge in [0.15, 0.2) is 0 Å². The topological polar surface area (TPSA) is 33.0 Å². The average molecular weight is 153 g/mol. The Hall–Kier alpha value is -0.550. The summed E-state index contributed by atoms with van der Waals surface area (Å²) >= 11 is 0. The lowest BCUT2D eigenvalue weighted by Crippen LogP contribution is -2.15. The van der Waals surface area contributed by atoms with Crippen LogP contribution in [0.3, 0.4) is 0 Å². The average Bonchev–Trinajstić information content (AvgIpc) is 2.47. The summed E-state index contributed by atoms with van der Waals surface area (Å²) in [6, 6.07) is 2.18. The van der Waals surface area contributed by atoms with Gasteiger partial charge in [-0.1, -0.05) is 6.42 Å². The summed E-state index contributed by atoms with van der Waals surface area (Å²) in [4.78, 5) is 0. The third-order valence-corrected chi connectivity index (χ3v) is 2.52. The van der Waals surface area contributed by atoms with Crippen LogP contribution < -0.4 is 0 Å². The molecule has 0 aromatic rings.